The Bertz CT molecular complexity index is 609. The molecular formula is C11H6BrFN2O2S. The van der Waals surface area contributed by atoms with Crippen molar-refractivity contribution in [3.63, 3.8) is 0 Å². The van der Waals surface area contributed by atoms with Crippen molar-refractivity contribution in [2.45, 2.75) is 9.92 Å². The van der Waals surface area contributed by atoms with Crippen LogP contribution in [0.4, 0.5) is 10.1 Å². The SMILES string of the molecule is O=[N+]([O-])c1cc(Br)cnc1Sc1cccc(F)c1. The second-order valence-corrected chi connectivity index (χ2v) is 5.27. The fourth-order valence-electron chi connectivity index (χ4n) is 1.27. The quantitative estimate of drug-likeness (QED) is 0.630. The van der Waals surface area contributed by atoms with Gasteiger partial charge in [-0.25, -0.2) is 9.37 Å². The number of nitrogens with zero attached hydrogens (tertiary/aromatic N) is 2. The van der Waals surface area contributed by atoms with Gasteiger partial charge >= 0.3 is 5.69 Å². The molecule has 1 aromatic carbocycles. The van der Waals surface area contributed by atoms with Gasteiger partial charge in [-0.05, 0) is 34.1 Å². The standard InChI is InChI=1S/C11H6BrFN2O2S/c12-7-4-10(15(16)17)11(14-6-7)18-9-3-1-2-8(13)5-9/h1-6H. The van der Waals surface area contributed by atoms with E-state index in [4.69, 9.17) is 0 Å². The highest BCUT2D eigenvalue weighted by Crippen LogP contribution is 2.34. The van der Waals surface area contributed by atoms with Crippen LogP contribution in [0.15, 0.2) is 50.9 Å². The van der Waals surface area contributed by atoms with E-state index in [-0.39, 0.29) is 16.5 Å². The van der Waals surface area contributed by atoms with E-state index in [2.05, 4.69) is 20.9 Å². The summed E-state index contributed by atoms with van der Waals surface area (Å²) in [4.78, 5) is 14.9. The molecule has 0 N–H and O–H groups in total. The summed E-state index contributed by atoms with van der Waals surface area (Å²) in [5.74, 6) is -0.389. The van der Waals surface area contributed by atoms with Gasteiger partial charge in [0.1, 0.15) is 5.82 Å². The summed E-state index contributed by atoms with van der Waals surface area (Å²) >= 11 is 4.18. The lowest BCUT2D eigenvalue weighted by atomic mass is 10.4. The van der Waals surface area contributed by atoms with Crippen molar-refractivity contribution in [1.29, 1.82) is 0 Å². The summed E-state index contributed by atoms with van der Waals surface area (Å²) in [7, 11) is 0. The van der Waals surface area contributed by atoms with Crippen molar-refractivity contribution < 1.29 is 9.31 Å². The minimum atomic E-state index is -0.514. The molecule has 0 saturated heterocycles. The van der Waals surface area contributed by atoms with Gasteiger partial charge in [0.2, 0.25) is 0 Å². The molecule has 18 heavy (non-hydrogen) atoms. The van der Waals surface area contributed by atoms with E-state index in [1.54, 1.807) is 12.1 Å². The van der Waals surface area contributed by atoms with Crippen molar-refractivity contribution in [2.75, 3.05) is 0 Å². The third-order valence-electron chi connectivity index (χ3n) is 2.01. The number of pyridine rings is 1. The number of halogens is 2. The third kappa shape index (κ3) is 3.05. The molecule has 0 fully saturated rings. The van der Waals surface area contributed by atoms with Crippen LogP contribution in [0.1, 0.15) is 0 Å². The summed E-state index contributed by atoms with van der Waals surface area (Å²) in [6.45, 7) is 0. The van der Waals surface area contributed by atoms with Gasteiger partial charge in [-0.1, -0.05) is 17.8 Å². The van der Waals surface area contributed by atoms with Gasteiger partial charge in [0.15, 0.2) is 5.03 Å². The largest absolute Gasteiger partial charge is 0.302 e. The van der Waals surface area contributed by atoms with Gasteiger partial charge in [-0.3, -0.25) is 10.1 Å². The molecule has 0 saturated carbocycles. The van der Waals surface area contributed by atoms with E-state index >= 15 is 0 Å². The molecule has 0 spiro atoms. The van der Waals surface area contributed by atoms with Crippen LogP contribution in [0.25, 0.3) is 0 Å². The molecule has 0 radical (unpaired) electrons. The molecule has 2 aromatic rings. The summed E-state index contributed by atoms with van der Waals surface area (Å²) in [6.07, 6.45) is 1.47. The van der Waals surface area contributed by atoms with Gasteiger partial charge in [0.25, 0.3) is 0 Å². The highest BCUT2D eigenvalue weighted by Gasteiger charge is 2.17. The number of nitro groups is 1. The van der Waals surface area contributed by atoms with Crippen LogP contribution in [0.5, 0.6) is 0 Å². The molecule has 0 atom stereocenters. The van der Waals surface area contributed by atoms with Gasteiger partial charge in [0.05, 0.1) is 4.92 Å². The average molecular weight is 329 g/mol. The van der Waals surface area contributed by atoms with Crippen molar-refractivity contribution in [1.82, 2.24) is 4.98 Å². The van der Waals surface area contributed by atoms with Gasteiger partial charge in [-0.15, -0.1) is 0 Å². The first kappa shape index (κ1) is 13.0. The first-order valence-electron chi connectivity index (χ1n) is 4.79. The predicted octanol–water partition coefficient (Wildman–Crippen LogP) is 4.04. The Hall–Kier alpha value is -1.47. The zero-order chi connectivity index (χ0) is 13.1. The van der Waals surface area contributed by atoms with Crippen LogP contribution in [-0.4, -0.2) is 9.91 Å². The molecule has 1 aromatic heterocycles. The normalized spacial score (nSPS) is 10.3. The smallest absolute Gasteiger partial charge is 0.258 e. The number of benzene rings is 1. The summed E-state index contributed by atoms with van der Waals surface area (Å²) in [5.41, 5.74) is -0.112. The Morgan fingerprint density at radius 2 is 2.17 bits per heavy atom. The lowest BCUT2D eigenvalue weighted by Crippen LogP contribution is -1.93. The minimum Gasteiger partial charge on any atom is -0.258 e. The summed E-state index contributed by atoms with van der Waals surface area (Å²) in [6, 6.07) is 7.20. The van der Waals surface area contributed by atoms with E-state index in [0.29, 0.717) is 9.37 Å². The minimum absolute atomic E-state index is 0.112. The zero-order valence-corrected chi connectivity index (χ0v) is 11.2. The van der Waals surface area contributed by atoms with E-state index in [9.17, 15) is 14.5 Å². The predicted molar refractivity (Wildman–Crippen MR) is 69.1 cm³/mol. The van der Waals surface area contributed by atoms with Crippen LogP contribution in [0.2, 0.25) is 0 Å². The first-order valence-corrected chi connectivity index (χ1v) is 6.40. The second kappa shape index (κ2) is 5.45. The lowest BCUT2D eigenvalue weighted by Gasteiger charge is -2.02. The van der Waals surface area contributed by atoms with Crippen molar-refractivity contribution in [3.05, 3.63) is 56.9 Å². The van der Waals surface area contributed by atoms with Crippen molar-refractivity contribution >= 4 is 33.4 Å². The molecule has 0 aliphatic heterocycles. The number of aromatic nitrogens is 1. The Labute approximate surface area is 115 Å². The average Bonchev–Trinajstić information content (AvgIpc) is 2.31. The van der Waals surface area contributed by atoms with Crippen LogP contribution >= 0.6 is 27.7 Å². The van der Waals surface area contributed by atoms with Gasteiger partial charge in [-0.2, -0.15) is 0 Å². The van der Waals surface area contributed by atoms with Gasteiger partial charge in [0, 0.05) is 21.6 Å². The Morgan fingerprint density at radius 3 is 2.83 bits per heavy atom. The molecule has 4 nitrogen and oxygen atoms in total. The highest BCUT2D eigenvalue weighted by atomic mass is 79.9. The zero-order valence-electron chi connectivity index (χ0n) is 8.84. The molecule has 0 bridgehead atoms. The Morgan fingerprint density at radius 1 is 1.39 bits per heavy atom. The molecule has 1 heterocycles. The molecule has 0 aliphatic rings. The van der Waals surface area contributed by atoms with Crippen LogP contribution in [0, 0.1) is 15.9 Å². The van der Waals surface area contributed by atoms with E-state index < -0.39 is 4.92 Å². The van der Waals surface area contributed by atoms with E-state index in [0.717, 1.165) is 11.8 Å². The molecule has 7 heteroatoms. The Balaban J connectivity index is 2.37. The molecule has 0 aliphatic carbocycles. The van der Waals surface area contributed by atoms with Crippen LogP contribution < -0.4 is 0 Å². The fourth-order valence-corrected chi connectivity index (χ4v) is 2.47. The topological polar surface area (TPSA) is 56.0 Å². The maximum absolute atomic E-state index is 13.0. The lowest BCUT2D eigenvalue weighted by molar-refractivity contribution is -0.388. The maximum Gasteiger partial charge on any atom is 0.302 e. The number of rotatable bonds is 3. The summed E-state index contributed by atoms with van der Waals surface area (Å²) < 4.78 is 13.5. The molecule has 2 rings (SSSR count). The first-order chi connectivity index (χ1) is 8.56. The Kier molecular flexibility index (Phi) is 3.93. The highest BCUT2D eigenvalue weighted by molar-refractivity contribution is 9.10. The number of hydrogen-bond acceptors (Lipinski definition) is 4. The van der Waals surface area contributed by atoms with Gasteiger partial charge < -0.3 is 0 Å². The number of hydrogen-bond donors (Lipinski definition) is 0. The van der Waals surface area contributed by atoms with Crippen LogP contribution in [0.3, 0.4) is 0 Å². The molecular weight excluding hydrogens is 323 g/mol. The summed E-state index contributed by atoms with van der Waals surface area (Å²) in [5, 5.41) is 11.1. The maximum atomic E-state index is 13.0. The molecule has 0 amide bonds. The fraction of sp³-hybridized carbons (Fsp3) is 0. The second-order valence-electron chi connectivity index (χ2n) is 3.29. The van der Waals surface area contributed by atoms with Crippen LogP contribution in [-0.2, 0) is 0 Å². The molecule has 0 unspecified atom stereocenters. The third-order valence-corrected chi connectivity index (χ3v) is 3.44. The van der Waals surface area contributed by atoms with E-state index in [1.807, 2.05) is 0 Å². The van der Waals surface area contributed by atoms with E-state index in [1.165, 1.54) is 24.4 Å². The van der Waals surface area contributed by atoms with Crippen molar-refractivity contribution in [2.24, 2.45) is 0 Å². The van der Waals surface area contributed by atoms with Crippen molar-refractivity contribution in [3.8, 4) is 0 Å². The molecule has 92 valence electrons. The monoisotopic (exact) mass is 328 g/mol.